The number of nitrogens with one attached hydrogen (secondary N) is 2. The van der Waals surface area contributed by atoms with Crippen LogP contribution in [-0.4, -0.2) is 52.4 Å². The van der Waals surface area contributed by atoms with E-state index in [1.165, 1.54) is 0 Å². The second kappa shape index (κ2) is 10.3. The molecule has 23 heavy (non-hydrogen) atoms. The fourth-order valence-corrected chi connectivity index (χ4v) is 2.65. The van der Waals surface area contributed by atoms with Crippen molar-refractivity contribution in [3.8, 4) is 0 Å². The van der Waals surface area contributed by atoms with Crippen molar-refractivity contribution in [2.45, 2.75) is 59.7 Å². The van der Waals surface area contributed by atoms with E-state index in [2.05, 4.69) is 60.2 Å². The molecule has 1 heterocycles. The van der Waals surface area contributed by atoms with Gasteiger partial charge in [0.15, 0.2) is 5.96 Å². The number of hydrogen-bond donors (Lipinski definition) is 2. The van der Waals surface area contributed by atoms with Crippen LogP contribution in [-0.2, 0) is 13.6 Å². The molecule has 0 saturated heterocycles. The van der Waals surface area contributed by atoms with Crippen LogP contribution < -0.4 is 10.6 Å². The monoisotopic (exact) mass is 322 g/mol. The van der Waals surface area contributed by atoms with Gasteiger partial charge in [-0.15, -0.1) is 0 Å². The molecular weight excluding hydrogens is 288 g/mol. The number of aliphatic imine (C=N–C) groups is 1. The summed E-state index contributed by atoms with van der Waals surface area (Å²) in [6, 6.07) is 1.17. The van der Waals surface area contributed by atoms with Gasteiger partial charge in [-0.2, -0.15) is 5.10 Å². The second-order valence-electron chi connectivity index (χ2n) is 6.42. The van der Waals surface area contributed by atoms with E-state index < -0.39 is 0 Å². The average Bonchev–Trinajstić information content (AvgIpc) is 2.89. The Morgan fingerprint density at radius 3 is 2.48 bits per heavy atom. The summed E-state index contributed by atoms with van der Waals surface area (Å²) < 4.78 is 1.80. The van der Waals surface area contributed by atoms with Crippen molar-refractivity contribution in [1.82, 2.24) is 25.3 Å². The summed E-state index contributed by atoms with van der Waals surface area (Å²) in [7, 11) is 1.92. The van der Waals surface area contributed by atoms with E-state index >= 15 is 0 Å². The molecule has 0 bridgehead atoms. The highest BCUT2D eigenvalue weighted by molar-refractivity contribution is 5.79. The van der Waals surface area contributed by atoms with Crippen molar-refractivity contribution >= 4 is 5.96 Å². The van der Waals surface area contributed by atoms with Crippen molar-refractivity contribution in [2.24, 2.45) is 12.0 Å². The van der Waals surface area contributed by atoms with Gasteiger partial charge in [-0.1, -0.05) is 0 Å². The molecule has 0 unspecified atom stereocenters. The molecule has 0 spiro atoms. The van der Waals surface area contributed by atoms with Gasteiger partial charge in [0.1, 0.15) is 0 Å². The fourth-order valence-electron chi connectivity index (χ4n) is 2.65. The summed E-state index contributed by atoms with van der Waals surface area (Å²) in [4.78, 5) is 7.13. The van der Waals surface area contributed by atoms with Crippen molar-refractivity contribution < 1.29 is 0 Å². The highest BCUT2D eigenvalue weighted by atomic mass is 15.2. The minimum absolute atomic E-state index is 0.586. The molecule has 0 aliphatic rings. The molecule has 0 radical (unpaired) electrons. The molecule has 0 atom stereocenters. The lowest BCUT2D eigenvalue weighted by Gasteiger charge is -2.30. The number of rotatable bonds is 9. The lowest BCUT2D eigenvalue weighted by Crippen LogP contribution is -2.41. The molecule has 0 fully saturated rings. The predicted octanol–water partition coefficient (Wildman–Crippen LogP) is 1.98. The maximum atomic E-state index is 4.61. The van der Waals surface area contributed by atoms with E-state index in [4.69, 9.17) is 0 Å². The Bertz CT molecular complexity index is 455. The van der Waals surface area contributed by atoms with Gasteiger partial charge < -0.3 is 10.6 Å². The van der Waals surface area contributed by atoms with Crippen LogP contribution in [0.3, 0.4) is 0 Å². The summed E-state index contributed by atoms with van der Waals surface area (Å²) in [6.07, 6.45) is 4.96. The third-order valence-corrected chi connectivity index (χ3v) is 3.73. The second-order valence-corrected chi connectivity index (χ2v) is 6.42. The van der Waals surface area contributed by atoms with E-state index in [9.17, 15) is 0 Å². The Balaban J connectivity index is 2.40. The van der Waals surface area contributed by atoms with E-state index in [0.29, 0.717) is 18.6 Å². The Hall–Kier alpha value is -1.56. The van der Waals surface area contributed by atoms with Gasteiger partial charge in [-0.25, -0.2) is 4.99 Å². The summed E-state index contributed by atoms with van der Waals surface area (Å²) >= 11 is 0. The molecule has 0 aromatic carbocycles. The average molecular weight is 323 g/mol. The number of aromatic nitrogens is 2. The molecule has 1 rings (SSSR count). The van der Waals surface area contributed by atoms with Gasteiger partial charge in [0.05, 0.1) is 12.7 Å². The summed E-state index contributed by atoms with van der Waals surface area (Å²) in [5.41, 5.74) is 1.12. The standard InChI is InChI=1S/C17H34N6/c1-7-18-17(20-11-16-12-21-22(6)13-16)19-9-8-10-23(14(2)3)15(4)5/h12-15H,7-11H2,1-6H3,(H2,18,19,20). The first-order valence-electron chi connectivity index (χ1n) is 8.69. The lowest BCUT2D eigenvalue weighted by atomic mass is 10.2. The molecule has 1 aromatic heterocycles. The van der Waals surface area contributed by atoms with Crippen LogP contribution in [0.15, 0.2) is 17.4 Å². The van der Waals surface area contributed by atoms with Crippen LogP contribution in [0.4, 0.5) is 0 Å². The Morgan fingerprint density at radius 1 is 1.26 bits per heavy atom. The SMILES string of the molecule is CCNC(=NCc1cnn(C)c1)NCCCN(C(C)C)C(C)C. The maximum absolute atomic E-state index is 4.61. The largest absolute Gasteiger partial charge is 0.357 e. The van der Waals surface area contributed by atoms with Gasteiger partial charge >= 0.3 is 0 Å². The highest BCUT2D eigenvalue weighted by Crippen LogP contribution is 2.05. The number of guanidine groups is 1. The third kappa shape index (κ3) is 7.50. The molecule has 6 heteroatoms. The topological polar surface area (TPSA) is 57.5 Å². The quantitative estimate of drug-likeness (QED) is 0.415. The molecule has 2 N–H and O–H groups in total. The Morgan fingerprint density at radius 2 is 1.96 bits per heavy atom. The van der Waals surface area contributed by atoms with Crippen LogP contribution >= 0.6 is 0 Å². The smallest absolute Gasteiger partial charge is 0.191 e. The zero-order valence-corrected chi connectivity index (χ0v) is 15.6. The van der Waals surface area contributed by atoms with Crippen LogP contribution in [0.2, 0.25) is 0 Å². The van der Waals surface area contributed by atoms with Crippen molar-refractivity contribution in [2.75, 3.05) is 19.6 Å². The molecule has 0 amide bonds. The maximum Gasteiger partial charge on any atom is 0.191 e. The first-order chi connectivity index (χ1) is 10.9. The molecular formula is C17H34N6. The van der Waals surface area contributed by atoms with Crippen LogP contribution in [0.5, 0.6) is 0 Å². The van der Waals surface area contributed by atoms with Gasteiger partial charge in [0.2, 0.25) is 0 Å². The van der Waals surface area contributed by atoms with Crippen molar-refractivity contribution in [3.05, 3.63) is 18.0 Å². The minimum Gasteiger partial charge on any atom is -0.357 e. The third-order valence-electron chi connectivity index (χ3n) is 3.73. The normalized spacial score (nSPS) is 12.5. The van der Waals surface area contributed by atoms with E-state index in [0.717, 1.165) is 37.6 Å². The van der Waals surface area contributed by atoms with Gasteiger partial charge in [-0.05, 0) is 41.0 Å². The Labute approximate surface area is 141 Å². The number of nitrogens with zero attached hydrogens (tertiary/aromatic N) is 4. The van der Waals surface area contributed by atoms with E-state index in [1.54, 1.807) is 4.68 Å². The molecule has 0 aliphatic heterocycles. The summed E-state index contributed by atoms with van der Waals surface area (Å²) in [6.45, 7) is 14.6. The van der Waals surface area contributed by atoms with Gasteiger partial charge in [0.25, 0.3) is 0 Å². The van der Waals surface area contributed by atoms with E-state index in [1.807, 2.05) is 19.4 Å². The van der Waals surface area contributed by atoms with Crippen molar-refractivity contribution in [1.29, 1.82) is 0 Å². The number of hydrogen-bond acceptors (Lipinski definition) is 3. The fraction of sp³-hybridized carbons (Fsp3) is 0.765. The van der Waals surface area contributed by atoms with Crippen LogP contribution in [0.1, 0.15) is 46.6 Å². The minimum atomic E-state index is 0.586. The van der Waals surface area contributed by atoms with Crippen LogP contribution in [0, 0.1) is 0 Å². The zero-order chi connectivity index (χ0) is 17.2. The Kier molecular flexibility index (Phi) is 8.69. The van der Waals surface area contributed by atoms with Gasteiger partial charge in [-0.3, -0.25) is 9.58 Å². The summed E-state index contributed by atoms with van der Waals surface area (Å²) in [5.74, 6) is 0.872. The molecule has 6 nitrogen and oxygen atoms in total. The first kappa shape index (κ1) is 19.5. The first-order valence-corrected chi connectivity index (χ1v) is 8.69. The van der Waals surface area contributed by atoms with Crippen molar-refractivity contribution in [3.63, 3.8) is 0 Å². The molecule has 0 aliphatic carbocycles. The highest BCUT2D eigenvalue weighted by Gasteiger charge is 2.12. The molecule has 132 valence electrons. The summed E-state index contributed by atoms with van der Waals surface area (Å²) in [5, 5.41) is 10.9. The lowest BCUT2D eigenvalue weighted by molar-refractivity contribution is 0.173. The number of aryl methyl sites for hydroxylation is 1. The van der Waals surface area contributed by atoms with Gasteiger partial charge in [0, 0.05) is 50.5 Å². The molecule has 0 saturated carbocycles. The molecule has 1 aromatic rings. The van der Waals surface area contributed by atoms with Crippen LogP contribution in [0.25, 0.3) is 0 Å². The zero-order valence-electron chi connectivity index (χ0n) is 15.6. The van der Waals surface area contributed by atoms with E-state index in [-0.39, 0.29) is 0 Å². The predicted molar refractivity (Wildman–Crippen MR) is 97.6 cm³/mol.